The van der Waals surface area contributed by atoms with Gasteiger partial charge < -0.3 is 9.80 Å². The molecule has 3 rings (SSSR count). The van der Waals surface area contributed by atoms with E-state index in [4.69, 9.17) is 0 Å². The van der Waals surface area contributed by atoms with Gasteiger partial charge in [0.25, 0.3) is 5.91 Å². The summed E-state index contributed by atoms with van der Waals surface area (Å²) in [4.78, 5) is 24.8. The van der Waals surface area contributed by atoms with Gasteiger partial charge in [0.05, 0.1) is 6.20 Å². The Morgan fingerprint density at radius 1 is 1.05 bits per heavy atom. The third-order valence-corrected chi connectivity index (χ3v) is 5.35. The second-order valence-corrected chi connectivity index (χ2v) is 6.74. The van der Waals surface area contributed by atoms with Crippen molar-refractivity contribution in [2.45, 2.75) is 37.8 Å². The molecule has 0 radical (unpaired) electrons. The second kappa shape index (κ2) is 5.72. The van der Waals surface area contributed by atoms with E-state index in [1.54, 1.807) is 18.6 Å². The predicted octanol–water partition coefficient (Wildman–Crippen LogP) is 1.67. The van der Waals surface area contributed by atoms with E-state index < -0.39 is 0 Å². The number of amides is 1. The van der Waals surface area contributed by atoms with Crippen LogP contribution in [0.3, 0.4) is 0 Å². The van der Waals surface area contributed by atoms with Crippen LogP contribution in [0, 0.1) is 11.8 Å². The number of rotatable bonds is 3. The monoisotopic (exact) mass is 288 g/mol. The van der Waals surface area contributed by atoms with E-state index in [9.17, 15) is 4.79 Å². The lowest BCUT2D eigenvalue weighted by molar-refractivity contribution is 0.0720. The fourth-order valence-electron chi connectivity index (χ4n) is 4.05. The molecule has 2 aliphatic carbocycles. The van der Waals surface area contributed by atoms with Gasteiger partial charge in [-0.3, -0.25) is 9.78 Å². The molecule has 2 fully saturated rings. The molecule has 0 saturated heterocycles. The fourth-order valence-corrected chi connectivity index (χ4v) is 4.05. The maximum absolute atomic E-state index is 12.4. The molecule has 2 unspecified atom stereocenters. The molecule has 114 valence electrons. The summed E-state index contributed by atoms with van der Waals surface area (Å²) >= 11 is 0. The van der Waals surface area contributed by atoms with Gasteiger partial charge >= 0.3 is 0 Å². The molecule has 0 bridgehead atoms. The number of carbonyl (C=O) groups is 1. The zero-order valence-corrected chi connectivity index (χ0v) is 13.1. The number of carbonyl (C=O) groups excluding carboxylic acids is 1. The molecule has 1 heterocycles. The molecular weight excluding hydrogens is 264 g/mol. The molecule has 4 atom stereocenters. The third kappa shape index (κ3) is 2.79. The molecule has 21 heavy (non-hydrogen) atoms. The van der Waals surface area contributed by atoms with Gasteiger partial charge in [0.1, 0.15) is 5.69 Å². The molecule has 0 aromatic carbocycles. The summed E-state index contributed by atoms with van der Waals surface area (Å²) in [6, 6.07) is 1.08. The van der Waals surface area contributed by atoms with Gasteiger partial charge in [-0.05, 0) is 51.6 Å². The van der Waals surface area contributed by atoms with Crippen molar-refractivity contribution in [2.75, 3.05) is 21.1 Å². The van der Waals surface area contributed by atoms with Crippen molar-refractivity contribution < 1.29 is 4.79 Å². The number of fused-ring (bicyclic) bond motifs is 1. The van der Waals surface area contributed by atoms with E-state index in [1.807, 2.05) is 11.9 Å². The van der Waals surface area contributed by atoms with Gasteiger partial charge in [0.15, 0.2) is 0 Å². The standard InChI is InChI=1S/C16H24N4O/c1-19(2)13-6-11-8-14(9-12(11)7-13)20(3)16(21)15-10-17-4-5-18-15/h4-5,10-14H,6-9H2,1-3H3/t11-,12+,13?,14?. The van der Waals surface area contributed by atoms with Crippen LogP contribution in [0.4, 0.5) is 0 Å². The zero-order chi connectivity index (χ0) is 15.0. The highest BCUT2D eigenvalue weighted by molar-refractivity contribution is 5.92. The molecule has 5 heteroatoms. The van der Waals surface area contributed by atoms with Crippen LogP contribution < -0.4 is 0 Å². The lowest BCUT2D eigenvalue weighted by atomic mass is 10.0. The number of hydrogen-bond donors (Lipinski definition) is 0. The van der Waals surface area contributed by atoms with Crippen LogP contribution in [0.2, 0.25) is 0 Å². The quantitative estimate of drug-likeness (QED) is 0.849. The summed E-state index contributed by atoms with van der Waals surface area (Å²) in [7, 11) is 6.26. The summed E-state index contributed by atoms with van der Waals surface area (Å²) < 4.78 is 0. The van der Waals surface area contributed by atoms with Crippen LogP contribution in [-0.4, -0.2) is 58.9 Å². The smallest absolute Gasteiger partial charge is 0.274 e. The van der Waals surface area contributed by atoms with Crippen molar-refractivity contribution >= 4 is 5.91 Å². The largest absolute Gasteiger partial charge is 0.337 e. The first-order chi connectivity index (χ1) is 10.1. The van der Waals surface area contributed by atoms with Gasteiger partial charge in [0, 0.05) is 31.5 Å². The highest BCUT2D eigenvalue weighted by Gasteiger charge is 2.44. The maximum atomic E-state index is 12.4. The SMILES string of the molecule is CN(C)C1C[C@@H]2CC(N(C)C(=O)c3cnccn3)C[C@@H]2C1. The van der Waals surface area contributed by atoms with Crippen molar-refractivity contribution in [3.63, 3.8) is 0 Å². The molecule has 1 amide bonds. The van der Waals surface area contributed by atoms with Crippen molar-refractivity contribution in [2.24, 2.45) is 11.8 Å². The molecule has 1 aromatic heterocycles. The van der Waals surface area contributed by atoms with E-state index >= 15 is 0 Å². The van der Waals surface area contributed by atoms with Crippen LogP contribution in [-0.2, 0) is 0 Å². The number of hydrogen-bond acceptors (Lipinski definition) is 4. The zero-order valence-electron chi connectivity index (χ0n) is 13.1. The average Bonchev–Trinajstić information content (AvgIpc) is 3.05. The van der Waals surface area contributed by atoms with Crippen molar-refractivity contribution in [3.05, 3.63) is 24.3 Å². The van der Waals surface area contributed by atoms with E-state index in [-0.39, 0.29) is 5.91 Å². The Bertz CT molecular complexity index is 490. The van der Waals surface area contributed by atoms with Crippen molar-refractivity contribution in [1.29, 1.82) is 0 Å². The van der Waals surface area contributed by atoms with Gasteiger partial charge in [0.2, 0.25) is 0 Å². The minimum Gasteiger partial charge on any atom is -0.337 e. The lowest BCUT2D eigenvalue weighted by Crippen LogP contribution is -2.37. The van der Waals surface area contributed by atoms with Gasteiger partial charge in [-0.15, -0.1) is 0 Å². The molecule has 2 saturated carbocycles. The first-order valence-electron chi connectivity index (χ1n) is 7.76. The van der Waals surface area contributed by atoms with Crippen LogP contribution in [0.1, 0.15) is 36.2 Å². The summed E-state index contributed by atoms with van der Waals surface area (Å²) in [5, 5.41) is 0. The number of nitrogens with zero attached hydrogens (tertiary/aromatic N) is 4. The third-order valence-electron chi connectivity index (χ3n) is 5.35. The maximum Gasteiger partial charge on any atom is 0.274 e. The van der Waals surface area contributed by atoms with E-state index in [2.05, 4.69) is 29.0 Å². The first kappa shape index (κ1) is 14.4. The second-order valence-electron chi connectivity index (χ2n) is 6.74. The van der Waals surface area contributed by atoms with E-state index in [0.29, 0.717) is 11.7 Å². The summed E-state index contributed by atoms with van der Waals surface area (Å²) in [5.74, 6) is 1.55. The molecular formula is C16H24N4O. The van der Waals surface area contributed by atoms with Gasteiger partial charge in [-0.1, -0.05) is 0 Å². The Kier molecular flexibility index (Phi) is 3.93. The molecule has 5 nitrogen and oxygen atoms in total. The van der Waals surface area contributed by atoms with Crippen LogP contribution in [0.25, 0.3) is 0 Å². The number of aromatic nitrogens is 2. The van der Waals surface area contributed by atoms with Crippen LogP contribution in [0.15, 0.2) is 18.6 Å². The average molecular weight is 288 g/mol. The highest BCUT2D eigenvalue weighted by Crippen LogP contribution is 2.46. The fraction of sp³-hybridized carbons (Fsp3) is 0.688. The Morgan fingerprint density at radius 3 is 2.19 bits per heavy atom. The molecule has 0 N–H and O–H groups in total. The van der Waals surface area contributed by atoms with Crippen LogP contribution in [0.5, 0.6) is 0 Å². The summed E-state index contributed by atoms with van der Waals surface area (Å²) in [5.41, 5.74) is 0.447. The van der Waals surface area contributed by atoms with Crippen molar-refractivity contribution in [3.8, 4) is 0 Å². The van der Waals surface area contributed by atoms with Crippen LogP contribution >= 0.6 is 0 Å². The highest BCUT2D eigenvalue weighted by atomic mass is 16.2. The Morgan fingerprint density at radius 2 is 1.67 bits per heavy atom. The van der Waals surface area contributed by atoms with E-state index in [1.165, 1.54) is 12.8 Å². The molecule has 0 spiro atoms. The summed E-state index contributed by atoms with van der Waals surface area (Å²) in [6.07, 6.45) is 9.55. The minimum absolute atomic E-state index is 0.00256. The Labute approximate surface area is 126 Å². The summed E-state index contributed by atoms with van der Waals surface area (Å²) in [6.45, 7) is 0. The Balaban J connectivity index is 1.62. The van der Waals surface area contributed by atoms with E-state index in [0.717, 1.165) is 30.7 Å². The minimum atomic E-state index is -0.00256. The molecule has 0 aliphatic heterocycles. The van der Waals surface area contributed by atoms with Gasteiger partial charge in [-0.25, -0.2) is 4.98 Å². The van der Waals surface area contributed by atoms with Crippen molar-refractivity contribution in [1.82, 2.24) is 19.8 Å². The molecule has 2 aliphatic rings. The predicted molar refractivity (Wildman–Crippen MR) is 80.8 cm³/mol. The van der Waals surface area contributed by atoms with Gasteiger partial charge in [-0.2, -0.15) is 0 Å². The Hall–Kier alpha value is -1.49. The lowest BCUT2D eigenvalue weighted by Gasteiger charge is -2.26. The molecule has 1 aromatic rings. The topological polar surface area (TPSA) is 49.3 Å². The normalized spacial score (nSPS) is 31.4. The first-order valence-corrected chi connectivity index (χ1v) is 7.76.